The van der Waals surface area contributed by atoms with Gasteiger partial charge in [0.25, 0.3) is 0 Å². The number of anilines is 2. The number of ether oxygens (including phenoxy) is 2. The van der Waals surface area contributed by atoms with E-state index in [4.69, 9.17) is 10.5 Å². The van der Waals surface area contributed by atoms with E-state index < -0.39 is 6.61 Å². The smallest absolute Gasteiger partial charge is 0.387 e. The Hall–Kier alpha value is -2.48. The van der Waals surface area contributed by atoms with E-state index >= 15 is 0 Å². The minimum Gasteiger partial charge on any atom is -0.431 e. The van der Waals surface area contributed by atoms with Gasteiger partial charge in [0.2, 0.25) is 0 Å². The van der Waals surface area contributed by atoms with Crippen LogP contribution in [0.1, 0.15) is 12.8 Å². The predicted molar refractivity (Wildman–Crippen MR) is 86.0 cm³/mol. The molecule has 3 heterocycles. The molecule has 3 rings (SSSR count). The van der Waals surface area contributed by atoms with Crippen molar-refractivity contribution in [2.75, 3.05) is 24.2 Å². The Morgan fingerprint density at radius 2 is 2.12 bits per heavy atom. The van der Waals surface area contributed by atoms with Gasteiger partial charge in [-0.15, -0.1) is 0 Å². The van der Waals surface area contributed by atoms with Crippen LogP contribution in [0, 0.1) is 0 Å². The van der Waals surface area contributed by atoms with Gasteiger partial charge < -0.3 is 20.5 Å². The minimum atomic E-state index is -2.95. The molecular weight excluding hydrogens is 318 g/mol. The molecule has 8 heteroatoms. The lowest BCUT2D eigenvalue weighted by Crippen LogP contribution is -2.18. The third-order valence-electron chi connectivity index (χ3n) is 3.73. The monoisotopic (exact) mass is 336 g/mol. The first-order chi connectivity index (χ1) is 11.6. The summed E-state index contributed by atoms with van der Waals surface area (Å²) in [5.74, 6) is 0.492. The highest BCUT2D eigenvalue weighted by molar-refractivity contribution is 5.67. The number of halogens is 2. The van der Waals surface area contributed by atoms with Crippen molar-refractivity contribution in [2.45, 2.75) is 25.6 Å². The quantitative estimate of drug-likeness (QED) is 0.844. The first kappa shape index (κ1) is 16.4. The SMILES string of the molecule is Nc1ncc(-c2ccc(NCC3CCCO3)nc2)cc1OC(F)F. The van der Waals surface area contributed by atoms with Crippen LogP contribution in [0.15, 0.2) is 30.6 Å². The lowest BCUT2D eigenvalue weighted by Gasteiger charge is -2.12. The average molecular weight is 336 g/mol. The highest BCUT2D eigenvalue weighted by Crippen LogP contribution is 2.28. The van der Waals surface area contributed by atoms with Crippen molar-refractivity contribution < 1.29 is 18.3 Å². The first-order valence-electron chi connectivity index (χ1n) is 7.64. The molecule has 0 aliphatic carbocycles. The average Bonchev–Trinajstić information content (AvgIpc) is 3.09. The highest BCUT2D eigenvalue weighted by Gasteiger charge is 2.15. The molecule has 1 aliphatic rings. The maximum atomic E-state index is 12.4. The van der Waals surface area contributed by atoms with Gasteiger partial charge in [-0.1, -0.05) is 0 Å². The van der Waals surface area contributed by atoms with Crippen LogP contribution in [-0.4, -0.2) is 35.8 Å². The number of hydrogen-bond donors (Lipinski definition) is 2. The summed E-state index contributed by atoms with van der Waals surface area (Å²) in [6, 6.07) is 5.06. The Labute approximate surface area is 138 Å². The molecule has 0 amide bonds. The van der Waals surface area contributed by atoms with E-state index in [-0.39, 0.29) is 17.7 Å². The Morgan fingerprint density at radius 3 is 2.79 bits per heavy atom. The molecule has 0 aromatic carbocycles. The second-order valence-corrected chi connectivity index (χ2v) is 5.43. The summed E-state index contributed by atoms with van der Waals surface area (Å²) < 4.78 is 34.6. The molecule has 1 fully saturated rings. The normalized spacial score (nSPS) is 17.2. The van der Waals surface area contributed by atoms with Crippen LogP contribution in [-0.2, 0) is 4.74 Å². The van der Waals surface area contributed by atoms with Crippen molar-refractivity contribution >= 4 is 11.6 Å². The molecule has 2 aromatic heterocycles. The van der Waals surface area contributed by atoms with Crippen molar-refractivity contribution in [3.05, 3.63) is 30.6 Å². The zero-order chi connectivity index (χ0) is 16.9. The van der Waals surface area contributed by atoms with E-state index in [1.165, 1.54) is 12.3 Å². The lowest BCUT2D eigenvalue weighted by molar-refractivity contribution is -0.0494. The van der Waals surface area contributed by atoms with E-state index in [9.17, 15) is 8.78 Å². The van der Waals surface area contributed by atoms with Crippen LogP contribution in [0.3, 0.4) is 0 Å². The van der Waals surface area contributed by atoms with Crippen molar-refractivity contribution in [2.24, 2.45) is 0 Å². The fourth-order valence-corrected chi connectivity index (χ4v) is 2.50. The number of rotatable bonds is 6. The minimum absolute atomic E-state index is 0.0816. The molecule has 0 radical (unpaired) electrons. The van der Waals surface area contributed by atoms with Gasteiger partial charge in [-0.2, -0.15) is 8.78 Å². The standard InChI is InChI=1S/C16H18F2N4O2/c17-16(18)24-13-6-11(8-22-15(13)19)10-3-4-14(20-7-10)21-9-12-2-1-5-23-12/h3-4,6-8,12,16H,1-2,5,9H2,(H2,19,22)(H,20,21). The lowest BCUT2D eigenvalue weighted by atomic mass is 10.1. The molecule has 128 valence electrons. The van der Waals surface area contributed by atoms with E-state index in [0.29, 0.717) is 12.1 Å². The number of nitrogens with one attached hydrogen (secondary N) is 1. The number of nitrogens with two attached hydrogens (primary N) is 1. The van der Waals surface area contributed by atoms with Crippen molar-refractivity contribution in [3.8, 4) is 16.9 Å². The summed E-state index contributed by atoms with van der Waals surface area (Å²) in [6.07, 6.45) is 5.49. The molecule has 2 aromatic rings. The van der Waals surface area contributed by atoms with Crippen LogP contribution in [0.5, 0.6) is 5.75 Å². The summed E-state index contributed by atoms with van der Waals surface area (Å²) in [6.45, 7) is -1.43. The van der Waals surface area contributed by atoms with Gasteiger partial charge in [0, 0.05) is 36.7 Å². The molecular formula is C16H18F2N4O2. The fraction of sp³-hybridized carbons (Fsp3) is 0.375. The van der Waals surface area contributed by atoms with Crippen LogP contribution in [0.2, 0.25) is 0 Å². The topological polar surface area (TPSA) is 82.3 Å². The van der Waals surface area contributed by atoms with Gasteiger partial charge in [0.05, 0.1) is 6.10 Å². The van der Waals surface area contributed by atoms with Crippen molar-refractivity contribution in [1.82, 2.24) is 9.97 Å². The van der Waals surface area contributed by atoms with E-state index in [1.807, 2.05) is 12.1 Å². The molecule has 0 spiro atoms. The maximum Gasteiger partial charge on any atom is 0.387 e. The molecule has 1 atom stereocenters. The molecule has 0 bridgehead atoms. The fourth-order valence-electron chi connectivity index (χ4n) is 2.50. The number of nitrogen functional groups attached to an aromatic ring is 1. The van der Waals surface area contributed by atoms with Gasteiger partial charge in [-0.25, -0.2) is 9.97 Å². The number of aromatic nitrogens is 2. The third kappa shape index (κ3) is 4.08. The van der Waals surface area contributed by atoms with Crippen LogP contribution < -0.4 is 15.8 Å². The summed E-state index contributed by atoms with van der Waals surface area (Å²) in [5, 5.41) is 3.22. The highest BCUT2D eigenvalue weighted by atomic mass is 19.3. The summed E-state index contributed by atoms with van der Waals surface area (Å²) >= 11 is 0. The van der Waals surface area contributed by atoms with Gasteiger partial charge in [0.15, 0.2) is 11.6 Å². The van der Waals surface area contributed by atoms with Gasteiger partial charge in [-0.3, -0.25) is 0 Å². The van der Waals surface area contributed by atoms with Crippen LogP contribution >= 0.6 is 0 Å². The molecule has 6 nitrogen and oxygen atoms in total. The zero-order valence-corrected chi connectivity index (χ0v) is 12.9. The second kappa shape index (κ2) is 7.39. The van der Waals surface area contributed by atoms with Gasteiger partial charge in [-0.05, 0) is 31.0 Å². The molecule has 1 aliphatic heterocycles. The maximum absolute atomic E-state index is 12.4. The van der Waals surface area contributed by atoms with Crippen LogP contribution in [0.4, 0.5) is 20.4 Å². The Bertz CT molecular complexity index is 676. The molecule has 1 saturated heterocycles. The first-order valence-corrected chi connectivity index (χ1v) is 7.64. The van der Waals surface area contributed by atoms with E-state index in [2.05, 4.69) is 20.0 Å². The van der Waals surface area contributed by atoms with Gasteiger partial charge >= 0.3 is 6.61 Å². The second-order valence-electron chi connectivity index (χ2n) is 5.43. The van der Waals surface area contributed by atoms with Crippen molar-refractivity contribution in [1.29, 1.82) is 0 Å². The summed E-state index contributed by atoms with van der Waals surface area (Å²) in [4.78, 5) is 8.19. The molecule has 1 unspecified atom stereocenters. The third-order valence-corrected chi connectivity index (χ3v) is 3.73. The van der Waals surface area contributed by atoms with Crippen LogP contribution in [0.25, 0.3) is 11.1 Å². The molecule has 24 heavy (non-hydrogen) atoms. The molecule has 0 saturated carbocycles. The number of nitrogens with zero attached hydrogens (tertiary/aromatic N) is 2. The van der Waals surface area contributed by atoms with E-state index in [0.717, 1.165) is 30.8 Å². The number of pyridine rings is 2. The van der Waals surface area contributed by atoms with Gasteiger partial charge in [0.1, 0.15) is 5.82 Å². The zero-order valence-electron chi connectivity index (χ0n) is 12.9. The Morgan fingerprint density at radius 1 is 1.29 bits per heavy atom. The Balaban J connectivity index is 1.68. The van der Waals surface area contributed by atoms with Crippen molar-refractivity contribution in [3.63, 3.8) is 0 Å². The number of alkyl halides is 2. The number of hydrogen-bond acceptors (Lipinski definition) is 6. The molecule has 3 N–H and O–H groups in total. The summed E-state index contributed by atoms with van der Waals surface area (Å²) in [7, 11) is 0. The predicted octanol–water partition coefficient (Wildman–Crippen LogP) is 2.92. The largest absolute Gasteiger partial charge is 0.431 e. The summed E-state index contributed by atoms with van der Waals surface area (Å²) in [5.41, 5.74) is 6.85. The van der Waals surface area contributed by atoms with E-state index in [1.54, 1.807) is 6.20 Å². The Kier molecular flexibility index (Phi) is 5.05.